The molecule has 0 aromatic rings. The van der Waals surface area contributed by atoms with Gasteiger partial charge in [0.15, 0.2) is 0 Å². The van der Waals surface area contributed by atoms with E-state index >= 15 is 0 Å². The molecule has 86 valence electrons. The minimum atomic E-state index is -0.872. The quantitative estimate of drug-likeness (QED) is 0.690. The van der Waals surface area contributed by atoms with Crippen LogP contribution in [0.5, 0.6) is 0 Å². The standard InChI is InChI=1S/C10H18N2O3/c1-2-12(6-5-9(13)14)10(15)11-7-8-3-4-8/h8H,2-7H2,1H3,(H,11,15)(H,13,14). The molecular weight excluding hydrogens is 196 g/mol. The molecule has 5 heteroatoms. The average molecular weight is 214 g/mol. The van der Waals surface area contributed by atoms with E-state index in [2.05, 4.69) is 5.32 Å². The van der Waals surface area contributed by atoms with Crippen LogP contribution in [0.4, 0.5) is 4.79 Å². The van der Waals surface area contributed by atoms with E-state index in [-0.39, 0.29) is 19.0 Å². The summed E-state index contributed by atoms with van der Waals surface area (Å²) < 4.78 is 0. The molecule has 1 aliphatic carbocycles. The summed E-state index contributed by atoms with van der Waals surface area (Å²) in [5.74, 6) is -0.226. The average Bonchev–Trinajstić information content (AvgIpc) is 2.98. The molecule has 1 saturated carbocycles. The van der Waals surface area contributed by atoms with Crippen LogP contribution in [0.2, 0.25) is 0 Å². The Kier molecular flexibility index (Phi) is 4.39. The van der Waals surface area contributed by atoms with Crippen molar-refractivity contribution in [3.63, 3.8) is 0 Å². The van der Waals surface area contributed by atoms with Crippen LogP contribution in [0.3, 0.4) is 0 Å². The maximum Gasteiger partial charge on any atom is 0.317 e. The van der Waals surface area contributed by atoms with Crippen molar-refractivity contribution in [1.29, 1.82) is 0 Å². The van der Waals surface area contributed by atoms with Crippen molar-refractivity contribution in [2.45, 2.75) is 26.2 Å². The van der Waals surface area contributed by atoms with Crippen LogP contribution >= 0.6 is 0 Å². The van der Waals surface area contributed by atoms with Crippen molar-refractivity contribution in [1.82, 2.24) is 10.2 Å². The molecule has 1 rings (SSSR count). The molecule has 15 heavy (non-hydrogen) atoms. The van der Waals surface area contributed by atoms with Gasteiger partial charge < -0.3 is 15.3 Å². The van der Waals surface area contributed by atoms with Crippen LogP contribution in [-0.2, 0) is 4.79 Å². The maximum absolute atomic E-state index is 11.5. The largest absolute Gasteiger partial charge is 0.481 e. The van der Waals surface area contributed by atoms with Crippen LogP contribution in [0.1, 0.15) is 26.2 Å². The van der Waals surface area contributed by atoms with E-state index < -0.39 is 5.97 Å². The Balaban J connectivity index is 2.21. The van der Waals surface area contributed by atoms with Gasteiger partial charge in [0.2, 0.25) is 0 Å². The van der Waals surface area contributed by atoms with E-state index in [4.69, 9.17) is 5.11 Å². The number of hydrogen-bond donors (Lipinski definition) is 2. The first kappa shape index (κ1) is 11.8. The number of urea groups is 1. The van der Waals surface area contributed by atoms with Crippen molar-refractivity contribution >= 4 is 12.0 Å². The lowest BCUT2D eigenvalue weighted by Crippen LogP contribution is -2.41. The topological polar surface area (TPSA) is 69.6 Å². The summed E-state index contributed by atoms with van der Waals surface area (Å²) in [4.78, 5) is 23.4. The number of hydrogen-bond acceptors (Lipinski definition) is 2. The van der Waals surface area contributed by atoms with Crippen LogP contribution in [0.25, 0.3) is 0 Å². The Morgan fingerprint density at radius 1 is 1.47 bits per heavy atom. The molecule has 0 aliphatic heterocycles. The van der Waals surface area contributed by atoms with Crippen molar-refractivity contribution in [3.05, 3.63) is 0 Å². The van der Waals surface area contributed by atoms with Crippen LogP contribution in [-0.4, -0.2) is 41.6 Å². The van der Waals surface area contributed by atoms with Gasteiger partial charge in [0, 0.05) is 19.6 Å². The second kappa shape index (κ2) is 5.58. The van der Waals surface area contributed by atoms with E-state index in [1.54, 1.807) is 0 Å². The maximum atomic E-state index is 11.5. The van der Waals surface area contributed by atoms with Crippen LogP contribution in [0, 0.1) is 5.92 Å². The minimum absolute atomic E-state index is 0.00465. The Labute approximate surface area is 89.4 Å². The van der Waals surface area contributed by atoms with Crippen molar-refractivity contribution in [2.75, 3.05) is 19.6 Å². The van der Waals surface area contributed by atoms with Gasteiger partial charge in [0.25, 0.3) is 0 Å². The summed E-state index contributed by atoms with van der Waals surface area (Å²) in [6, 6.07) is -0.148. The molecule has 5 nitrogen and oxygen atoms in total. The molecule has 0 unspecified atom stereocenters. The molecule has 0 radical (unpaired) electrons. The van der Waals surface area contributed by atoms with Gasteiger partial charge >= 0.3 is 12.0 Å². The van der Waals surface area contributed by atoms with Crippen LogP contribution in [0.15, 0.2) is 0 Å². The van der Waals surface area contributed by atoms with Crippen molar-refractivity contribution in [3.8, 4) is 0 Å². The normalized spacial score (nSPS) is 14.7. The van der Waals surface area contributed by atoms with E-state index in [0.29, 0.717) is 12.5 Å². The highest BCUT2D eigenvalue weighted by Gasteiger charge is 2.22. The van der Waals surface area contributed by atoms with E-state index in [1.165, 1.54) is 17.7 Å². The van der Waals surface area contributed by atoms with Gasteiger partial charge in [-0.05, 0) is 25.7 Å². The molecule has 0 saturated heterocycles. The zero-order valence-corrected chi connectivity index (χ0v) is 9.03. The van der Waals surface area contributed by atoms with Crippen LogP contribution < -0.4 is 5.32 Å². The SMILES string of the molecule is CCN(CCC(=O)O)C(=O)NCC1CC1. The van der Waals surface area contributed by atoms with Gasteiger partial charge in [-0.3, -0.25) is 4.79 Å². The zero-order valence-electron chi connectivity index (χ0n) is 9.03. The predicted octanol–water partition coefficient (Wildman–Crippen LogP) is 0.903. The number of aliphatic carboxylic acids is 1. The molecule has 2 amide bonds. The number of carboxylic acid groups (broad SMARTS) is 1. The lowest BCUT2D eigenvalue weighted by Gasteiger charge is -2.20. The smallest absolute Gasteiger partial charge is 0.317 e. The molecule has 0 spiro atoms. The molecule has 0 heterocycles. The molecule has 0 bridgehead atoms. The first-order valence-corrected chi connectivity index (χ1v) is 5.38. The summed E-state index contributed by atoms with van der Waals surface area (Å²) in [6.07, 6.45) is 2.40. The van der Waals surface area contributed by atoms with E-state index in [0.717, 1.165) is 6.54 Å². The summed E-state index contributed by atoms with van der Waals surface area (Å²) in [7, 11) is 0. The molecule has 1 aliphatic rings. The highest BCUT2D eigenvalue weighted by atomic mass is 16.4. The van der Waals surface area contributed by atoms with Gasteiger partial charge in [0.1, 0.15) is 0 Å². The lowest BCUT2D eigenvalue weighted by atomic mass is 10.4. The van der Waals surface area contributed by atoms with Crippen molar-refractivity contribution in [2.24, 2.45) is 5.92 Å². The Bertz CT molecular complexity index is 239. The van der Waals surface area contributed by atoms with Gasteiger partial charge in [-0.2, -0.15) is 0 Å². The number of carbonyl (C=O) groups excluding carboxylic acids is 1. The fraction of sp³-hybridized carbons (Fsp3) is 0.800. The van der Waals surface area contributed by atoms with E-state index in [9.17, 15) is 9.59 Å². The number of carboxylic acids is 1. The lowest BCUT2D eigenvalue weighted by molar-refractivity contribution is -0.137. The van der Waals surface area contributed by atoms with Gasteiger partial charge in [-0.1, -0.05) is 0 Å². The highest BCUT2D eigenvalue weighted by Crippen LogP contribution is 2.27. The molecule has 0 aromatic heterocycles. The molecule has 0 atom stereocenters. The summed E-state index contributed by atoms with van der Waals surface area (Å²) in [5, 5.41) is 11.3. The fourth-order valence-electron chi connectivity index (χ4n) is 1.30. The highest BCUT2D eigenvalue weighted by molar-refractivity contribution is 5.75. The molecule has 2 N–H and O–H groups in total. The van der Waals surface area contributed by atoms with Gasteiger partial charge in [0.05, 0.1) is 6.42 Å². The minimum Gasteiger partial charge on any atom is -0.481 e. The Morgan fingerprint density at radius 2 is 2.13 bits per heavy atom. The summed E-state index contributed by atoms with van der Waals surface area (Å²) in [5.41, 5.74) is 0. The third-order valence-electron chi connectivity index (χ3n) is 2.50. The Hall–Kier alpha value is -1.26. The summed E-state index contributed by atoms with van der Waals surface area (Å²) >= 11 is 0. The number of rotatable bonds is 6. The number of amides is 2. The number of nitrogens with zero attached hydrogens (tertiary/aromatic N) is 1. The number of carbonyl (C=O) groups is 2. The number of nitrogens with one attached hydrogen (secondary N) is 1. The predicted molar refractivity (Wildman–Crippen MR) is 55.6 cm³/mol. The third-order valence-corrected chi connectivity index (χ3v) is 2.50. The Morgan fingerprint density at radius 3 is 2.60 bits per heavy atom. The molecule has 0 aromatic carbocycles. The first-order valence-electron chi connectivity index (χ1n) is 5.38. The monoisotopic (exact) mass is 214 g/mol. The molecular formula is C10H18N2O3. The second-order valence-electron chi connectivity index (χ2n) is 3.85. The first-order chi connectivity index (χ1) is 7.13. The zero-order chi connectivity index (χ0) is 11.3. The fourth-order valence-corrected chi connectivity index (χ4v) is 1.30. The third kappa shape index (κ3) is 4.67. The van der Waals surface area contributed by atoms with Crippen molar-refractivity contribution < 1.29 is 14.7 Å². The van der Waals surface area contributed by atoms with Gasteiger partial charge in [-0.25, -0.2) is 4.79 Å². The van der Waals surface area contributed by atoms with Gasteiger partial charge in [-0.15, -0.1) is 0 Å². The van der Waals surface area contributed by atoms with E-state index in [1.807, 2.05) is 6.92 Å². The summed E-state index contributed by atoms with van der Waals surface area (Å²) in [6.45, 7) is 3.40. The molecule has 1 fully saturated rings. The second-order valence-corrected chi connectivity index (χ2v) is 3.85.